The highest BCUT2D eigenvalue weighted by Gasteiger charge is 2.02. The molecule has 0 aromatic heterocycles. The van der Waals surface area contributed by atoms with Gasteiger partial charge in [-0.3, -0.25) is 0 Å². The predicted molar refractivity (Wildman–Crippen MR) is 47.1 cm³/mol. The summed E-state index contributed by atoms with van der Waals surface area (Å²) in [5.74, 6) is 2.33. The van der Waals surface area contributed by atoms with Gasteiger partial charge in [-0.1, -0.05) is 32.6 Å². The average Bonchev–Trinajstić information content (AvgIpc) is 1.99. The zero-order valence-corrected chi connectivity index (χ0v) is 7.28. The van der Waals surface area contributed by atoms with Gasteiger partial charge in [0.1, 0.15) is 6.17 Å². The second kappa shape index (κ2) is 7.60. The maximum atomic E-state index is 12.7. The van der Waals surface area contributed by atoms with Crippen LogP contribution in [0, 0.1) is 12.3 Å². The van der Waals surface area contributed by atoms with Crippen molar-refractivity contribution in [2.75, 3.05) is 0 Å². The maximum Gasteiger partial charge on any atom is 0.111 e. The highest BCUT2D eigenvalue weighted by atomic mass is 19.1. The fourth-order valence-electron chi connectivity index (χ4n) is 1.02. The molecule has 0 nitrogen and oxygen atoms in total. The second-order valence-electron chi connectivity index (χ2n) is 2.85. The number of terminal acetylenes is 1. The molecule has 0 aliphatic heterocycles. The quantitative estimate of drug-likeness (QED) is 0.409. The van der Waals surface area contributed by atoms with Crippen LogP contribution in [0.3, 0.4) is 0 Å². The van der Waals surface area contributed by atoms with Crippen LogP contribution >= 0.6 is 0 Å². The normalized spacial score (nSPS) is 12.5. The van der Waals surface area contributed by atoms with Gasteiger partial charge in [-0.05, 0) is 6.42 Å². The first-order valence-corrected chi connectivity index (χ1v) is 4.38. The van der Waals surface area contributed by atoms with E-state index in [9.17, 15) is 4.39 Å². The Bertz CT molecular complexity index is 113. The highest BCUT2D eigenvalue weighted by molar-refractivity contribution is 4.86. The van der Waals surface area contributed by atoms with Gasteiger partial charge in [-0.25, -0.2) is 4.39 Å². The van der Waals surface area contributed by atoms with Gasteiger partial charge in [0.15, 0.2) is 0 Å². The van der Waals surface area contributed by atoms with Crippen molar-refractivity contribution in [1.82, 2.24) is 0 Å². The Morgan fingerprint density at radius 1 is 1.36 bits per heavy atom. The van der Waals surface area contributed by atoms with Crippen LogP contribution in [-0.4, -0.2) is 6.17 Å². The van der Waals surface area contributed by atoms with Crippen LogP contribution in [0.1, 0.15) is 45.4 Å². The molecule has 0 aromatic rings. The maximum absolute atomic E-state index is 12.7. The highest BCUT2D eigenvalue weighted by Crippen LogP contribution is 2.09. The third-order valence-electron chi connectivity index (χ3n) is 1.71. The molecule has 0 aromatic carbocycles. The van der Waals surface area contributed by atoms with E-state index in [1.54, 1.807) is 0 Å². The summed E-state index contributed by atoms with van der Waals surface area (Å²) in [7, 11) is 0. The minimum Gasteiger partial charge on any atom is -0.246 e. The molecule has 0 radical (unpaired) electrons. The Balaban J connectivity index is 3.05. The molecular formula is C10H17F. The van der Waals surface area contributed by atoms with Crippen molar-refractivity contribution in [3.05, 3.63) is 0 Å². The minimum atomic E-state index is -0.767. The van der Waals surface area contributed by atoms with Crippen LogP contribution < -0.4 is 0 Å². The molecule has 0 bridgehead atoms. The fraction of sp³-hybridized carbons (Fsp3) is 0.800. The molecule has 0 aliphatic carbocycles. The van der Waals surface area contributed by atoms with Gasteiger partial charge < -0.3 is 0 Å². The molecule has 1 heteroatoms. The van der Waals surface area contributed by atoms with Gasteiger partial charge in [0.25, 0.3) is 0 Å². The van der Waals surface area contributed by atoms with Crippen LogP contribution in [0.5, 0.6) is 0 Å². The molecule has 0 saturated heterocycles. The number of alkyl halides is 1. The topological polar surface area (TPSA) is 0 Å². The van der Waals surface area contributed by atoms with Crippen molar-refractivity contribution < 1.29 is 4.39 Å². The number of halogens is 1. The summed E-state index contributed by atoms with van der Waals surface area (Å²) < 4.78 is 12.7. The van der Waals surface area contributed by atoms with Gasteiger partial charge in [0.2, 0.25) is 0 Å². The van der Waals surface area contributed by atoms with E-state index in [2.05, 4.69) is 12.8 Å². The third-order valence-corrected chi connectivity index (χ3v) is 1.71. The lowest BCUT2D eigenvalue weighted by Crippen LogP contribution is -1.97. The first-order valence-electron chi connectivity index (χ1n) is 4.38. The molecule has 0 saturated carbocycles. The number of unbranched alkanes of at least 4 members (excludes halogenated alkanes) is 3. The van der Waals surface area contributed by atoms with Crippen molar-refractivity contribution in [2.45, 2.75) is 51.6 Å². The van der Waals surface area contributed by atoms with Crippen molar-refractivity contribution in [3.63, 3.8) is 0 Å². The zero-order chi connectivity index (χ0) is 8.53. The lowest BCUT2D eigenvalue weighted by Gasteiger charge is -2.02. The van der Waals surface area contributed by atoms with E-state index in [0.29, 0.717) is 6.42 Å². The van der Waals surface area contributed by atoms with Crippen LogP contribution in [-0.2, 0) is 0 Å². The van der Waals surface area contributed by atoms with Gasteiger partial charge >= 0.3 is 0 Å². The Labute approximate surface area is 69.2 Å². The van der Waals surface area contributed by atoms with Crippen LogP contribution in [0.2, 0.25) is 0 Å². The number of hydrogen-bond acceptors (Lipinski definition) is 0. The standard InChI is InChI=1S/C10H17F/c1-3-5-6-7-9-10(11)8-4-2/h2,10H,3,5-9H2,1H3/t10-/m1/s1. The lowest BCUT2D eigenvalue weighted by atomic mass is 10.1. The van der Waals surface area contributed by atoms with Crippen LogP contribution in [0.15, 0.2) is 0 Å². The first kappa shape index (κ1) is 10.5. The Kier molecular flexibility index (Phi) is 7.24. The molecule has 64 valence electrons. The second-order valence-corrected chi connectivity index (χ2v) is 2.85. The monoisotopic (exact) mass is 156 g/mol. The first-order chi connectivity index (χ1) is 5.31. The largest absolute Gasteiger partial charge is 0.246 e. The summed E-state index contributed by atoms with van der Waals surface area (Å²) in [6.45, 7) is 2.15. The lowest BCUT2D eigenvalue weighted by molar-refractivity contribution is 0.311. The Morgan fingerprint density at radius 2 is 2.09 bits per heavy atom. The predicted octanol–water partition coefficient (Wildman–Crippen LogP) is 3.32. The molecule has 0 amide bonds. The fourth-order valence-corrected chi connectivity index (χ4v) is 1.02. The average molecular weight is 156 g/mol. The SMILES string of the molecule is C#CC[C@@H](F)CCCCCC. The van der Waals surface area contributed by atoms with Gasteiger partial charge in [-0.15, -0.1) is 12.3 Å². The van der Waals surface area contributed by atoms with E-state index in [4.69, 9.17) is 6.42 Å². The number of rotatable bonds is 6. The van der Waals surface area contributed by atoms with Crippen LogP contribution in [0.4, 0.5) is 4.39 Å². The Morgan fingerprint density at radius 3 is 2.64 bits per heavy atom. The molecule has 0 fully saturated rings. The summed E-state index contributed by atoms with van der Waals surface area (Å²) in [5.41, 5.74) is 0. The van der Waals surface area contributed by atoms with E-state index in [-0.39, 0.29) is 6.42 Å². The Hall–Kier alpha value is -0.510. The van der Waals surface area contributed by atoms with E-state index in [1.165, 1.54) is 12.8 Å². The van der Waals surface area contributed by atoms with Crippen molar-refractivity contribution in [1.29, 1.82) is 0 Å². The van der Waals surface area contributed by atoms with Crippen molar-refractivity contribution in [2.24, 2.45) is 0 Å². The van der Waals surface area contributed by atoms with Gasteiger partial charge in [-0.2, -0.15) is 0 Å². The van der Waals surface area contributed by atoms with E-state index in [1.807, 2.05) is 0 Å². The molecule has 0 heterocycles. The van der Waals surface area contributed by atoms with E-state index >= 15 is 0 Å². The summed E-state index contributed by atoms with van der Waals surface area (Å²) in [4.78, 5) is 0. The molecular weight excluding hydrogens is 139 g/mol. The zero-order valence-electron chi connectivity index (χ0n) is 7.28. The van der Waals surface area contributed by atoms with Crippen LogP contribution in [0.25, 0.3) is 0 Å². The molecule has 0 spiro atoms. The van der Waals surface area contributed by atoms with Gasteiger partial charge in [0.05, 0.1) is 0 Å². The van der Waals surface area contributed by atoms with Crippen molar-refractivity contribution in [3.8, 4) is 12.3 Å². The summed E-state index contributed by atoms with van der Waals surface area (Å²) >= 11 is 0. The molecule has 1 atom stereocenters. The number of hydrogen-bond donors (Lipinski definition) is 0. The minimum absolute atomic E-state index is 0.284. The summed E-state index contributed by atoms with van der Waals surface area (Å²) in [5, 5.41) is 0. The molecule has 11 heavy (non-hydrogen) atoms. The molecule has 0 N–H and O–H groups in total. The smallest absolute Gasteiger partial charge is 0.111 e. The van der Waals surface area contributed by atoms with E-state index in [0.717, 1.165) is 12.8 Å². The molecule has 0 unspecified atom stereocenters. The summed E-state index contributed by atoms with van der Waals surface area (Å²) in [6, 6.07) is 0. The van der Waals surface area contributed by atoms with E-state index < -0.39 is 6.17 Å². The van der Waals surface area contributed by atoms with Gasteiger partial charge in [0, 0.05) is 6.42 Å². The summed E-state index contributed by atoms with van der Waals surface area (Å²) in [6.07, 6.45) is 9.66. The molecule has 0 aliphatic rings. The third kappa shape index (κ3) is 7.39. The van der Waals surface area contributed by atoms with Crippen molar-refractivity contribution >= 4 is 0 Å². The molecule has 0 rings (SSSR count).